The number of rotatable bonds is 5. The normalized spacial score (nSPS) is 11.0. The first-order valence-corrected chi connectivity index (χ1v) is 9.05. The highest BCUT2D eigenvalue weighted by molar-refractivity contribution is 9.10. The van der Waals surface area contributed by atoms with Crippen LogP contribution in [-0.2, 0) is 4.79 Å². The topological polar surface area (TPSA) is 54.4 Å². The van der Waals surface area contributed by atoms with Crippen molar-refractivity contribution in [2.75, 3.05) is 5.75 Å². The molecule has 1 amide bonds. The molecule has 3 rings (SSSR count). The van der Waals surface area contributed by atoms with Crippen LogP contribution in [0.15, 0.2) is 75.3 Å². The second kappa shape index (κ2) is 8.08. The Kier molecular flexibility index (Phi) is 5.61. The van der Waals surface area contributed by atoms with Gasteiger partial charge in [0.25, 0.3) is 0 Å². The van der Waals surface area contributed by atoms with Gasteiger partial charge in [0.05, 0.1) is 17.5 Å². The minimum atomic E-state index is -0.156. The van der Waals surface area contributed by atoms with E-state index >= 15 is 0 Å². The average molecular weight is 400 g/mol. The maximum absolute atomic E-state index is 11.9. The van der Waals surface area contributed by atoms with Crippen molar-refractivity contribution in [1.29, 1.82) is 0 Å². The SMILES string of the molecule is O=C(CSc1cccc2cccnc12)N/N=C/c1ccccc1Br. The van der Waals surface area contributed by atoms with E-state index < -0.39 is 0 Å². The Morgan fingerprint density at radius 3 is 2.88 bits per heavy atom. The number of halogens is 1. The summed E-state index contributed by atoms with van der Waals surface area (Å²) in [7, 11) is 0. The molecule has 0 unspecified atom stereocenters. The predicted molar refractivity (Wildman–Crippen MR) is 102 cm³/mol. The third kappa shape index (κ3) is 4.21. The number of thioether (sulfide) groups is 1. The summed E-state index contributed by atoms with van der Waals surface area (Å²) in [6.45, 7) is 0. The molecule has 0 aliphatic carbocycles. The van der Waals surface area contributed by atoms with Crippen LogP contribution in [0.25, 0.3) is 10.9 Å². The number of benzene rings is 2. The Morgan fingerprint density at radius 1 is 1.17 bits per heavy atom. The first kappa shape index (κ1) is 16.7. The number of nitrogens with zero attached hydrogens (tertiary/aromatic N) is 2. The van der Waals surface area contributed by atoms with Gasteiger partial charge in [-0.3, -0.25) is 9.78 Å². The van der Waals surface area contributed by atoms with Crippen molar-refractivity contribution in [2.24, 2.45) is 5.10 Å². The highest BCUT2D eigenvalue weighted by Gasteiger charge is 2.06. The lowest BCUT2D eigenvalue weighted by Crippen LogP contribution is -2.19. The number of nitrogens with one attached hydrogen (secondary N) is 1. The van der Waals surface area contributed by atoms with Crippen LogP contribution in [0.3, 0.4) is 0 Å². The number of fused-ring (bicyclic) bond motifs is 1. The summed E-state index contributed by atoms with van der Waals surface area (Å²) in [6.07, 6.45) is 3.38. The van der Waals surface area contributed by atoms with Crippen molar-refractivity contribution in [3.63, 3.8) is 0 Å². The van der Waals surface area contributed by atoms with Crippen LogP contribution in [0.2, 0.25) is 0 Å². The number of aromatic nitrogens is 1. The fourth-order valence-corrected chi connectivity index (χ4v) is 3.34. The van der Waals surface area contributed by atoms with Crippen molar-refractivity contribution in [3.8, 4) is 0 Å². The van der Waals surface area contributed by atoms with Crippen LogP contribution < -0.4 is 5.43 Å². The summed E-state index contributed by atoms with van der Waals surface area (Å²) in [4.78, 5) is 17.3. The van der Waals surface area contributed by atoms with Gasteiger partial charge in [-0.25, -0.2) is 5.43 Å². The summed E-state index contributed by atoms with van der Waals surface area (Å²) >= 11 is 4.88. The smallest absolute Gasteiger partial charge is 0.250 e. The fraction of sp³-hybridized carbons (Fsp3) is 0.0556. The molecular weight excluding hydrogens is 386 g/mol. The van der Waals surface area contributed by atoms with Gasteiger partial charge in [-0.05, 0) is 18.2 Å². The number of carbonyl (C=O) groups excluding carboxylic acids is 1. The van der Waals surface area contributed by atoms with Crippen molar-refractivity contribution in [3.05, 3.63) is 70.8 Å². The zero-order valence-electron chi connectivity index (χ0n) is 12.6. The quantitative estimate of drug-likeness (QED) is 0.396. The molecule has 0 aliphatic heterocycles. The Bertz CT molecular complexity index is 893. The van der Waals surface area contributed by atoms with Gasteiger partial charge < -0.3 is 0 Å². The molecule has 0 aliphatic rings. The van der Waals surface area contributed by atoms with E-state index in [0.717, 1.165) is 25.8 Å². The molecule has 6 heteroatoms. The summed E-state index contributed by atoms with van der Waals surface area (Å²) in [5.74, 6) is 0.124. The number of carbonyl (C=O) groups is 1. The third-order valence-corrected chi connectivity index (χ3v) is 5.02. The predicted octanol–water partition coefficient (Wildman–Crippen LogP) is 4.24. The molecule has 1 aromatic heterocycles. The summed E-state index contributed by atoms with van der Waals surface area (Å²) in [5, 5.41) is 5.06. The largest absolute Gasteiger partial charge is 0.272 e. The molecule has 120 valence electrons. The maximum atomic E-state index is 11.9. The minimum absolute atomic E-state index is 0.156. The lowest BCUT2D eigenvalue weighted by atomic mass is 10.2. The Morgan fingerprint density at radius 2 is 2.00 bits per heavy atom. The molecular formula is C18H14BrN3OS. The van der Waals surface area contributed by atoms with Gasteiger partial charge in [-0.15, -0.1) is 11.8 Å². The lowest BCUT2D eigenvalue weighted by molar-refractivity contribution is -0.118. The van der Waals surface area contributed by atoms with Crippen LogP contribution in [-0.4, -0.2) is 22.9 Å². The van der Waals surface area contributed by atoms with E-state index in [1.807, 2.05) is 54.6 Å². The van der Waals surface area contributed by atoms with E-state index in [9.17, 15) is 4.79 Å². The van der Waals surface area contributed by atoms with E-state index in [0.29, 0.717) is 0 Å². The fourth-order valence-electron chi connectivity index (χ4n) is 2.12. The number of pyridine rings is 1. The van der Waals surface area contributed by atoms with E-state index in [4.69, 9.17) is 0 Å². The monoisotopic (exact) mass is 399 g/mol. The summed E-state index contributed by atoms with van der Waals surface area (Å²) in [5.41, 5.74) is 4.36. The zero-order valence-corrected chi connectivity index (χ0v) is 15.0. The standard InChI is InChI=1S/C18H14BrN3OS/c19-15-8-2-1-5-14(15)11-21-22-17(23)12-24-16-9-3-6-13-7-4-10-20-18(13)16/h1-11H,12H2,(H,22,23)/b21-11+. The Hall–Kier alpha value is -2.18. The molecule has 0 fully saturated rings. The van der Waals surface area contributed by atoms with Crippen LogP contribution in [0.4, 0.5) is 0 Å². The zero-order chi connectivity index (χ0) is 16.8. The lowest BCUT2D eigenvalue weighted by Gasteiger charge is -2.04. The average Bonchev–Trinajstić information content (AvgIpc) is 2.61. The van der Waals surface area contributed by atoms with Gasteiger partial charge in [0.1, 0.15) is 0 Å². The number of hydrogen-bond donors (Lipinski definition) is 1. The van der Waals surface area contributed by atoms with Crippen molar-refractivity contribution in [2.45, 2.75) is 4.90 Å². The van der Waals surface area contributed by atoms with Gasteiger partial charge in [0.15, 0.2) is 0 Å². The Balaban J connectivity index is 1.58. The highest BCUT2D eigenvalue weighted by Crippen LogP contribution is 2.25. The van der Waals surface area contributed by atoms with Gasteiger partial charge in [-0.2, -0.15) is 5.10 Å². The number of amides is 1. The van der Waals surface area contributed by atoms with Crippen LogP contribution >= 0.6 is 27.7 Å². The van der Waals surface area contributed by atoms with Crippen LogP contribution in [0.1, 0.15) is 5.56 Å². The van der Waals surface area contributed by atoms with E-state index in [-0.39, 0.29) is 11.7 Å². The molecule has 1 heterocycles. The highest BCUT2D eigenvalue weighted by atomic mass is 79.9. The molecule has 1 N–H and O–H groups in total. The second-order valence-corrected chi connectivity index (χ2v) is 6.81. The van der Waals surface area contributed by atoms with Crippen LogP contribution in [0, 0.1) is 0 Å². The molecule has 0 saturated carbocycles. The molecule has 2 aromatic carbocycles. The van der Waals surface area contributed by atoms with Gasteiger partial charge in [-0.1, -0.05) is 52.3 Å². The summed E-state index contributed by atoms with van der Waals surface area (Å²) in [6, 6.07) is 17.5. The van der Waals surface area contributed by atoms with Gasteiger partial charge in [0.2, 0.25) is 5.91 Å². The molecule has 0 spiro atoms. The second-order valence-electron chi connectivity index (χ2n) is 4.93. The molecule has 0 bridgehead atoms. The first-order chi connectivity index (χ1) is 11.7. The van der Waals surface area contributed by atoms with Crippen LogP contribution in [0.5, 0.6) is 0 Å². The minimum Gasteiger partial charge on any atom is -0.272 e. The van der Waals surface area contributed by atoms with Gasteiger partial charge >= 0.3 is 0 Å². The molecule has 3 aromatic rings. The first-order valence-electron chi connectivity index (χ1n) is 7.27. The molecule has 4 nitrogen and oxygen atoms in total. The third-order valence-electron chi connectivity index (χ3n) is 3.25. The number of hydrogen-bond acceptors (Lipinski definition) is 4. The number of hydrazone groups is 1. The van der Waals surface area contributed by atoms with Crippen molar-refractivity contribution in [1.82, 2.24) is 10.4 Å². The summed E-state index contributed by atoms with van der Waals surface area (Å²) < 4.78 is 0.930. The van der Waals surface area contributed by atoms with Crippen molar-refractivity contribution < 1.29 is 4.79 Å². The molecule has 24 heavy (non-hydrogen) atoms. The van der Waals surface area contributed by atoms with Crippen molar-refractivity contribution >= 4 is 50.7 Å². The molecule has 0 saturated heterocycles. The van der Waals surface area contributed by atoms with E-state index in [2.05, 4.69) is 31.4 Å². The molecule has 0 atom stereocenters. The van der Waals surface area contributed by atoms with E-state index in [1.165, 1.54) is 11.8 Å². The van der Waals surface area contributed by atoms with E-state index in [1.54, 1.807) is 12.4 Å². The number of para-hydroxylation sites is 1. The Labute approximate surface area is 152 Å². The van der Waals surface area contributed by atoms with Gasteiger partial charge in [0, 0.05) is 26.5 Å². The molecule has 0 radical (unpaired) electrons. The maximum Gasteiger partial charge on any atom is 0.250 e.